The molecule has 0 aliphatic rings. The Kier molecular flexibility index (Phi) is 45.7. The Balaban J connectivity index is 4.14. The first-order valence-corrected chi connectivity index (χ1v) is 26.0. The fraction of sp³-hybridized carbons (Fsp3) is 0.904. The molecule has 0 saturated carbocycles. The van der Waals surface area contributed by atoms with Crippen LogP contribution in [-0.4, -0.2) is 41.6 Å². The van der Waals surface area contributed by atoms with Gasteiger partial charge in [0.15, 0.2) is 0 Å². The molecule has 348 valence electrons. The number of ether oxygens (including phenoxy) is 1. The zero-order valence-corrected chi connectivity index (χ0v) is 39.4. The van der Waals surface area contributed by atoms with Gasteiger partial charge in [-0.05, 0) is 77.2 Å². The highest BCUT2D eigenvalue weighted by atomic mass is 16.5. The van der Waals surface area contributed by atoms with E-state index in [0.717, 1.165) is 70.6 Å². The quantitative estimate of drug-likeness (QED) is 0.0319. The first kappa shape index (κ1) is 57.1. The van der Waals surface area contributed by atoms with Crippen molar-refractivity contribution in [2.75, 3.05) is 6.54 Å². The Morgan fingerprint density at radius 2 is 0.847 bits per heavy atom. The Labute approximate surface area is 366 Å². The van der Waals surface area contributed by atoms with Crippen LogP contribution in [0.5, 0.6) is 0 Å². The van der Waals surface area contributed by atoms with Gasteiger partial charge in [-0.3, -0.25) is 9.59 Å². The maximum absolute atomic E-state index is 12.9. The summed E-state index contributed by atoms with van der Waals surface area (Å²) in [5.41, 5.74) is 5.50. The van der Waals surface area contributed by atoms with Crippen LogP contribution < -0.4 is 11.1 Å². The molecule has 0 heterocycles. The van der Waals surface area contributed by atoms with E-state index in [-0.39, 0.29) is 18.0 Å². The fourth-order valence-electron chi connectivity index (χ4n) is 8.16. The molecule has 0 radical (unpaired) electrons. The Hall–Kier alpha value is -1.89. The van der Waals surface area contributed by atoms with Crippen molar-refractivity contribution in [3.63, 3.8) is 0 Å². The summed E-state index contributed by atoms with van der Waals surface area (Å²) < 4.78 is 6.06. The van der Waals surface area contributed by atoms with Gasteiger partial charge in [0, 0.05) is 12.8 Å². The molecule has 0 aromatic carbocycles. The first-order chi connectivity index (χ1) is 28.9. The van der Waals surface area contributed by atoms with Gasteiger partial charge in [-0.15, -0.1) is 0 Å². The standard InChI is InChI=1S/C52H100N2O5/c1-3-5-7-9-11-13-15-16-17-18-19-20-21-22-23-24-25-27-29-31-36-40-46-51(56)59-48(42-37-33-30-28-26-14-12-10-8-6-4-2)43-38-34-32-35-39-45-50(55)54-49(52(57)58)44-41-47-53/h28,30,48-49H,3-27,29,31-47,53H2,1-2H3,(H,54,55)(H,57,58)/b30-28-. The molecule has 0 aromatic rings. The normalized spacial score (nSPS) is 12.6. The van der Waals surface area contributed by atoms with Crippen molar-refractivity contribution in [1.82, 2.24) is 5.32 Å². The highest BCUT2D eigenvalue weighted by Gasteiger charge is 2.19. The van der Waals surface area contributed by atoms with Crippen LogP contribution in [0.4, 0.5) is 0 Å². The van der Waals surface area contributed by atoms with Gasteiger partial charge >= 0.3 is 11.9 Å². The van der Waals surface area contributed by atoms with Gasteiger partial charge in [0.25, 0.3) is 0 Å². The summed E-state index contributed by atoms with van der Waals surface area (Å²) in [7, 11) is 0. The lowest BCUT2D eigenvalue weighted by atomic mass is 10.0. The number of esters is 1. The van der Waals surface area contributed by atoms with Crippen LogP contribution >= 0.6 is 0 Å². The van der Waals surface area contributed by atoms with E-state index in [2.05, 4.69) is 31.3 Å². The smallest absolute Gasteiger partial charge is 0.326 e. The number of carboxylic acids is 1. The number of hydrogen-bond donors (Lipinski definition) is 3. The summed E-state index contributed by atoms with van der Waals surface area (Å²) in [4.78, 5) is 36.5. The van der Waals surface area contributed by atoms with Gasteiger partial charge in [-0.25, -0.2) is 4.79 Å². The predicted molar refractivity (Wildman–Crippen MR) is 253 cm³/mol. The van der Waals surface area contributed by atoms with Crippen molar-refractivity contribution in [2.24, 2.45) is 5.73 Å². The summed E-state index contributed by atoms with van der Waals surface area (Å²) in [5.74, 6) is -1.23. The number of carbonyl (C=O) groups is 3. The molecule has 2 atom stereocenters. The molecule has 1 amide bonds. The average Bonchev–Trinajstić information content (AvgIpc) is 3.22. The molecule has 4 N–H and O–H groups in total. The van der Waals surface area contributed by atoms with Crippen LogP contribution in [0, 0.1) is 0 Å². The van der Waals surface area contributed by atoms with Gasteiger partial charge in [-0.2, -0.15) is 0 Å². The monoisotopic (exact) mass is 833 g/mol. The molecular weight excluding hydrogens is 733 g/mol. The third-order valence-corrected chi connectivity index (χ3v) is 12.1. The Bertz CT molecular complexity index is 940. The Morgan fingerprint density at radius 3 is 1.29 bits per heavy atom. The van der Waals surface area contributed by atoms with Crippen molar-refractivity contribution in [3.8, 4) is 0 Å². The second kappa shape index (κ2) is 47.2. The lowest BCUT2D eigenvalue weighted by Crippen LogP contribution is -2.40. The molecular formula is C52H100N2O5. The van der Waals surface area contributed by atoms with E-state index < -0.39 is 12.0 Å². The molecule has 59 heavy (non-hydrogen) atoms. The molecule has 2 unspecified atom stereocenters. The zero-order chi connectivity index (χ0) is 43.1. The summed E-state index contributed by atoms with van der Waals surface area (Å²) >= 11 is 0. The van der Waals surface area contributed by atoms with Crippen molar-refractivity contribution in [1.29, 1.82) is 0 Å². The number of carboxylic acid groups (broad SMARTS) is 1. The molecule has 0 aliphatic heterocycles. The summed E-state index contributed by atoms with van der Waals surface area (Å²) in [6.07, 6.45) is 54.3. The number of unbranched alkanes of at least 4 members (excludes halogenated alkanes) is 32. The number of carbonyl (C=O) groups excluding carboxylic acids is 2. The number of nitrogens with two attached hydrogens (primary N) is 1. The molecule has 0 aliphatic carbocycles. The second-order valence-corrected chi connectivity index (χ2v) is 17.9. The maximum atomic E-state index is 12.9. The van der Waals surface area contributed by atoms with Crippen LogP contribution in [0.25, 0.3) is 0 Å². The van der Waals surface area contributed by atoms with E-state index >= 15 is 0 Å². The average molecular weight is 833 g/mol. The number of aliphatic carboxylic acids is 1. The molecule has 0 spiro atoms. The first-order valence-electron chi connectivity index (χ1n) is 26.0. The van der Waals surface area contributed by atoms with E-state index in [9.17, 15) is 19.5 Å². The van der Waals surface area contributed by atoms with Crippen LogP contribution in [0.2, 0.25) is 0 Å². The molecule has 0 bridgehead atoms. The van der Waals surface area contributed by atoms with Crippen molar-refractivity contribution < 1.29 is 24.2 Å². The molecule has 0 rings (SSSR count). The highest BCUT2D eigenvalue weighted by Crippen LogP contribution is 2.19. The minimum Gasteiger partial charge on any atom is -0.480 e. The number of hydrogen-bond acceptors (Lipinski definition) is 5. The lowest BCUT2D eigenvalue weighted by Gasteiger charge is -2.18. The van der Waals surface area contributed by atoms with E-state index in [1.54, 1.807) is 0 Å². The van der Waals surface area contributed by atoms with Crippen LogP contribution in [0.15, 0.2) is 12.2 Å². The number of nitrogens with one attached hydrogen (secondary N) is 1. The van der Waals surface area contributed by atoms with Gasteiger partial charge < -0.3 is 20.9 Å². The largest absolute Gasteiger partial charge is 0.480 e. The van der Waals surface area contributed by atoms with Crippen molar-refractivity contribution >= 4 is 17.8 Å². The fourth-order valence-corrected chi connectivity index (χ4v) is 8.16. The molecule has 0 fully saturated rings. The number of amides is 1. The van der Waals surface area contributed by atoms with Crippen molar-refractivity contribution in [2.45, 2.75) is 296 Å². The van der Waals surface area contributed by atoms with Gasteiger partial charge in [0.2, 0.25) is 5.91 Å². The SMILES string of the molecule is CCCCCCCC/C=C\CCCC(CCCCCCCC(=O)NC(CCCN)C(=O)O)OC(=O)CCCCCCCCCCCCCCCCCCCCCCCC. The number of allylic oxidation sites excluding steroid dienone is 2. The minimum atomic E-state index is -1.00. The summed E-state index contributed by atoms with van der Waals surface area (Å²) in [5, 5.41) is 12.0. The number of rotatable bonds is 48. The molecule has 7 nitrogen and oxygen atoms in total. The van der Waals surface area contributed by atoms with E-state index in [1.807, 2.05) is 0 Å². The highest BCUT2D eigenvalue weighted by molar-refractivity contribution is 5.83. The minimum absolute atomic E-state index is 0.0126. The van der Waals surface area contributed by atoms with E-state index in [0.29, 0.717) is 32.2 Å². The predicted octanol–water partition coefficient (Wildman–Crippen LogP) is 15.4. The molecule has 0 saturated heterocycles. The molecule has 0 aromatic heterocycles. The Morgan fingerprint density at radius 1 is 0.475 bits per heavy atom. The van der Waals surface area contributed by atoms with Gasteiger partial charge in [-0.1, -0.05) is 212 Å². The van der Waals surface area contributed by atoms with E-state index in [4.69, 9.17) is 10.5 Å². The lowest BCUT2D eigenvalue weighted by molar-refractivity contribution is -0.150. The zero-order valence-electron chi connectivity index (χ0n) is 39.4. The summed E-state index contributed by atoms with van der Waals surface area (Å²) in [6, 6.07) is -0.857. The third-order valence-electron chi connectivity index (χ3n) is 12.1. The topological polar surface area (TPSA) is 119 Å². The van der Waals surface area contributed by atoms with Crippen molar-refractivity contribution in [3.05, 3.63) is 12.2 Å². The van der Waals surface area contributed by atoms with Crippen LogP contribution in [0.3, 0.4) is 0 Å². The van der Waals surface area contributed by atoms with Crippen LogP contribution in [-0.2, 0) is 19.1 Å². The maximum Gasteiger partial charge on any atom is 0.326 e. The molecule has 7 heteroatoms. The van der Waals surface area contributed by atoms with E-state index in [1.165, 1.54) is 173 Å². The second-order valence-electron chi connectivity index (χ2n) is 17.9. The van der Waals surface area contributed by atoms with Gasteiger partial charge in [0.1, 0.15) is 12.1 Å². The summed E-state index contributed by atoms with van der Waals surface area (Å²) in [6.45, 7) is 4.97. The van der Waals surface area contributed by atoms with Crippen LogP contribution in [0.1, 0.15) is 284 Å². The third kappa shape index (κ3) is 44.0. The van der Waals surface area contributed by atoms with Gasteiger partial charge in [0.05, 0.1) is 0 Å².